The zero-order chi connectivity index (χ0) is 22.1. The van der Waals surface area contributed by atoms with Crippen LogP contribution in [-0.4, -0.2) is 59.5 Å². The number of hydrogen-bond donors (Lipinski definition) is 3. The summed E-state index contributed by atoms with van der Waals surface area (Å²) >= 11 is 0. The zero-order valence-electron chi connectivity index (χ0n) is 17.6. The first kappa shape index (κ1) is 20.1. The average molecular weight is 435 g/mol. The van der Waals surface area contributed by atoms with Gasteiger partial charge in [0.25, 0.3) is 5.91 Å². The summed E-state index contributed by atoms with van der Waals surface area (Å²) in [5, 5.41) is 6.00. The Kier molecular flexibility index (Phi) is 5.26. The minimum absolute atomic E-state index is 0.154. The Labute approximate surface area is 185 Å². The van der Waals surface area contributed by atoms with Crippen molar-refractivity contribution in [2.75, 3.05) is 54.1 Å². The number of ether oxygens (including phenoxy) is 1. The van der Waals surface area contributed by atoms with Gasteiger partial charge in [-0.05, 0) is 25.0 Å². The van der Waals surface area contributed by atoms with E-state index in [2.05, 4.69) is 25.5 Å². The first-order valence-electron chi connectivity index (χ1n) is 10.8. The Balaban J connectivity index is 1.52. The van der Waals surface area contributed by atoms with Crippen LogP contribution in [0.25, 0.3) is 5.57 Å². The minimum Gasteiger partial charge on any atom is -0.491 e. The molecule has 0 spiro atoms. The van der Waals surface area contributed by atoms with Crippen LogP contribution in [0, 0.1) is 0 Å². The molecule has 0 aliphatic carbocycles. The fourth-order valence-electron chi connectivity index (χ4n) is 4.18. The third-order valence-corrected chi connectivity index (χ3v) is 5.94. The first-order chi connectivity index (χ1) is 15.6. The number of hydrogen-bond acceptors (Lipinski definition) is 8. The highest BCUT2D eigenvalue weighted by atomic mass is 16.5. The van der Waals surface area contributed by atoms with E-state index in [4.69, 9.17) is 10.5 Å². The number of rotatable bonds is 0. The van der Waals surface area contributed by atoms with Gasteiger partial charge >= 0.3 is 0 Å². The van der Waals surface area contributed by atoms with E-state index in [0.717, 1.165) is 18.5 Å². The number of nitrogens with one attached hydrogen (secondary N) is 2. The Morgan fingerprint density at radius 1 is 1.03 bits per heavy atom. The molecule has 2 amide bonds. The highest BCUT2D eigenvalue weighted by molar-refractivity contribution is 6.32. The molecule has 6 rings (SSSR count). The van der Waals surface area contributed by atoms with Crippen LogP contribution in [0.5, 0.6) is 5.75 Å². The normalized spacial score (nSPS) is 20.3. The number of carbonyl (C=O) groups is 2. The van der Waals surface area contributed by atoms with E-state index in [1.54, 1.807) is 18.3 Å². The average Bonchev–Trinajstić information content (AvgIpc) is 3.13. The van der Waals surface area contributed by atoms with Gasteiger partial charge in [0.05, 0.1) is 23.4 Å². The maximum atomic E-state index is 12.7. The van der Waals surface area contributed by atoms with Crippen molar-refractivity contribution < 1.29 is 14.3 Å². The van der Waals surface area contributed by atoms with Crippen molar-refractivity contribution in [3.63, 3.8) is 0 Å². The Hall–Kier alpha value is -3.82. The van der Waals surface area contributed by atoms with E-state index < -0.39 is 0 Å². The van der Waals surface area contributed by atoms with Crippen LogP contribution in [0.15, 0.2) is 30.7 Å². The number of nitrogen functional groups attached to an aromatic ring is 1. The monoisotopic (exact) mass is 435 g/mol. The number of carbonyl (C=O) groups excluding carboxylic acids is 2. The summed E-state index contributed by atoms with van der Waals surface area (Å²) in [4.78, 5) is 38.0. The van der Waals surface area contributed by atoms with Crippen LogP contribution in [0.1, 0.15) is 24.8 Å². The molecule has 10 nitrogen and oxygen atoms in total. The number of nitrogens with zero attached hydrogens (tertiary/aromatic N) is 4. The molecule has 2 aromatic rings. The van der Waals surface area contributed by atoms with Crippen LogP contribution < -0.4 is 26.0 Å². The van der Waals surface area contributed by atoms with Crippen LogP contribution in [0.2, 0.25) is 0 Å². The van der Waals surface area contributed by atoms with Crippen molar-refractivity contribution in [2.24, 2.45) is 0 Å². The Morgan fingerprint density at radius 3 is 2.69 bits per heavy atom. The molecule has 0 saturated carbocycles. The summed E-state index contributed by atoms with van der Waals surface area (Å²) < 4.78 is 5.84. The fourth-order valence-corrected chi connectivity index (χ4v) is 4.18. The summed E-state index contributed by atoms with van der Waals surface area (Å²) in [7, 11) is 0. The number of benzene rings is 1. The van der Waals surface area contributed by atoms with Crippen molar-refractivity contribution >= 4 is 40.4 Å². The lowest BCUT2D eigenvalue weighted by Crippen LogP contribution is -2.49. The smallest absolute Gasteiger partial charge is 0.259 e. The van der Waals surface area contributed by atoms with Gasteiger partial charge in [-0.3, -0.25) is 9.59 Å². The molecule has 5 heterocycles. The van der Waals surface area contributed by atoms with Crippen molar-refractivity contribution in [1.29, 1.82) is 0 Å². The van der Waals surface area contributed by atoms with Gasteiger partial charge in [-0.25, -0.2) is 9.97 Å². The fraction of sp³-hybridized carbons (Fsp3) is 0.364. The van der Waals surface area contributed by atoms with Gasteiger partial charge in [0.1, 0.15) is 23.7 Å². The van der Waals surface area contributed by atoms with Gasteiger partial charge in [-0.1, -0.05) is 0 Å². The maximum absolute atomic E-state index is 12.7. The lowest BCUT2D eigenvalue weighted by Gasteiger charge is -2.36. The summed E-state index contributed by atoms with van der Waals surface area (Å²) in [5.74, 6) is 1.65. The van der Waals surface area contributed by atoms with Gasteiger partial charge in [0.15, 0.2) is 0 Å². The molecule has 4 aliphatic rings. The lowest BCUT2D eigenvalue weighted by atomic mass is 10.1. The van der Waals surface area contributed by atoms with Gasteiger partial charge < -0.3 is 30.9 Å². The molecule has 1 aromatic heterocycles. The van der Waals surface area contributed by atoms with Crippen LogP contribution in [-0.2, 0) is 9.59 Å². The third-order valence-electron chi connectivity index (χ3n) is 5.94. The number of nitrogens with two attached hydrogens (primary N) is 1. The van der Waals surface area contributed by atoms with Crippen molar-refractivity contribution in [2.45, 2.75) is 19.3 Å². The predicted octanol–water partition coefficient (Wildman–Crippen LogP) is 1.68. The molecule has 166 valence electrons. The third kappa shape index (κ3) is 3.79. The second-order valence-corrected chi connectivity index (χ2v) is 8.00. The summed E-state index contributed by atoms with van der Waals surface area (Å²) in [6.45, 7) is 3.01. The second-order valence-electron chi connectivity index (χ2n) is 8.00. The second kappa shape index (κ2) is 8.37. The van der Waals surface area contributed by atoms with E-state index in [0.29, 0.717) is 73.4 Å². The maximum Gasteiger partial charge on any atom is 0.259 e. The van der Waals surface area contributed by atoms with Crippen molar-refractivity contribution in [3.05, 3.63) is 36.3 Å². The van der Waals surface area contributed by atoms with Gasteiger partial charge in [0.2, 0.25) is 5.91 Å². The van der Waals surface area contributed by atoms with Gasteiger partial charge in [0, 0.05) is 50.6 Å². The molecule has 4 N–H and O–H groups in total. The molecule has 0 radical (unpaired) electrons. The highest BCUT2D eigenvalue weighted by Gasteiger charge is 2.32. The predicted molar refractivity (Wildman–Crippen MR) is 121 cm³/mol. The quantitative estimate of drug-likeness (QED) is 0.534. The van der Waals surface area contributed by atoms with E-state index in [1.165, 1.54) is 6.33 Å². The van der Waals surface area contributed by atoms with Crippen LogP contribution in [0.4, 0.5) is 23.0 Å². The molecule has 4 aliphatic heterocycles. The largest absolute Gasteiger partial charge is 0.491 e. The molecule has 10 heteroatoms. The molecular formula is C22H25N7O3. The van der Waals surface area contributed by atoms with Crippen molar-refractivity contribution in [1.82, 2.24) is 14.9 Å². The van der Waals surface area contributed by atoms with Gasteiger partial charge in [-0.15, -0.1) is 0 Å². The zero-order valence-corrected chi connectivity index (χ0v) is 17.6. The molecule has 0 unspecified atom stereocenters. The number of fused-ring (bicyclic) bond motifs is 8. The highest BCUT2D eigenvalue weighted by Crippen LogP contribution is 2.37. The molecule has 4 bridgehead atoms. The standard InChI is InChI=1S/C22H25N7O3/c23-16-5-4-14-11-17(16)32-10-2-1-3-18(30)28-6-8-29(9-7-28)21-19-15(12-24-14)22(31)27-20(19)25-13-26-21/h4-5,11-13,24H,1-3,6-10,23H2,(H,25,26,27,31)/b15-12-. The molecule has 1 aromatic carbocycles. The van der Waals surface area contributed by atoms with E-state index >= 15 is 0 Å². The number of anilines is 4. The summed E-state index contributed by atoms with van der Waals surface area (Å²) in [6, 6.07) is 5.38. The number of piperazine rings is 1. The summed E-state index contributed by atoms with van der Waals surface area (Å²) in [6.07, 6.45) is 5.13. The molecule has 32 heavy (non-hydrogen) atoms. The SMILES string of the molecule is Nc1ccc2cc1OCCCCC(=O)N1CCN(CC1)c1ncnc3c1/C(=C/N2)C(=O)N3. The van der Waals surface area contributed by atoms with Crippen LogP contribution in [0.3, 0.4) is 0 Å². The Morgan fingerprint density at radius 2 is 1.84 bits per heavy atom. The van der Waals surface area contributed by atoms with Gasteiger partial charge in [-0.2, -0.15) is 0 Å². The number of aromatic nitrogens is 2. The molecule has 1 saturated heterocycles. The topological polar surface area (TPSA) is 126 Å². The van der Waals surface area contributed by atoms with E-state index in [9.17, 15) is 9.59 Å². The van der Waals surface area contributed by atoms with E-state index in [1.807, 2.05) is 11.0 Å². The minimum atomic E-state index is -0.246. The molecule has 1 fully saturated rings. The van der Waals surface area contributed by atoms with Crippen molar-refractivity contribution in [3.8, 4) is 5.75 Å². The molecule has 0 atom stereocenters. The lowest BCUT2D eigenvalue weighted by molar-refractivity contribution is -0.131. The first-order valence-corrected chi connectivity index (χ1v) is 10.8. The van der Waals surface area contributed by atoms with E-state index in [-0.39, 0.29) is 11.8 Å². The number of amides is 2. The summed E-state index contributed by atoms with van der Waals surface area (Å²) in [5.41, 5.74) is 8.44. The molecular weight excluding hydrogens is 410 g/mol. The van der Waals surface area contributed by atoms with Crippen LogP contribution >= 0.6 is 0 Å². The Bertz CT molecular complexity index is 1090.